The van der Waals surface area contributed by atoms with Gasteiger partial charge in [-0.3, -0.25) is 9.69 Å². The Balaban J connectivity index is 1.68. The number of carbonyl (C=O) groups is 1. The third kappa shape index (κ3) is 4.52. The number of nitrogens with one attached hydrogen (secondary N) is 1. The average molecular weight is 361 g/mol. The van der Waals surface area contributed by atoms with Gasteiger partial charge < -0.3 is 19.5 Å². The van der Waals surface area contributed by atoms with Gasteiger partial charge in [0.2, 0.25) is 0 Å². The van der Waals surface area contributed by atoms with Gasteiger partial charge in [-0.2, -0.15) is 0 Å². The first-order valence-corrected chi connectivity index (χ1v) is 9.23. The number of ether oxygens (including phenoxy) is 1. The van der Waals surface area contributed by atoms with Crippen LogP contribution >= 0.6 is 0 Å². The molecule has 0 radical (unpaired) electrons. The van der Waals surface area contributed by atoms with E-state index in [1.54, 1.807) is 0 Å². The normalized spacial score (nSPS) is 19.2. The zero-order valence-electron chi connectivity index (χ0n) is 15.3. The molecule has 0 aromatic carbocycles. The quantitative estimate of drug-likeness (QED) is 0.566. The minimum Gasteiger partial charge on any atom is -0.468 e. The Kier molecular flexibility index (Phi) is 6.44. The number of piperidine rings is 1. The minimum absolute atomic E-state index is 0.198. The maximum atomic E-state index is 11.4. The first-order chi connectivity index (χ1) is 12.7. The fourth-order valence-corrected chi connectivity index (χ4v) is 3.64. The highest BCUT2D eigenvalue weighted by Crippen LogP contribution is 2.25. The Morgan fingerprint density at radius 2 is 2.08 bits per heavy atom. The monoisotopic (exact) mass is 361 g/mol. The van der Waals surface area contributed by atoms with Crippen molar-refractivity contribution >= 4 is 17.7 Å². The number of carbonyl (C=O) groups excluding carboxylic acids is 2. The maximum absolute atomic E-state index is 11.4. The summed E-state index contributed by atoms with van der Waals surface area (Å²) >= 11 is 0. The molecule has 26 heavy (non-hydrogen) atoms. The fourth-order valence-electron chi connectivity index (χ4n) is 3.64. The summed E-state index contributed by atoms with van der Waals surface area (Å²) in [5.41, 5.74) is 0. The Hall–Kier alpha value is -2.15. The van der Waals surface area contributed by atoms with Crippen LogP contribution in [0.5, 0.6) is 0 Å². The molecule has 0 bridgehead atoms. The van der Waals surface area contributed by atoms with Crippen LogP contribution in [0.15, 0.2) is 12.3 Å². The summed E-state index contributed by atoms with van der Waals surface area (Å²) in [6, 6.07) is 0.424. The summed E-state index contributed by atoms with van der Waals surface area (Å²) in [7, 11) is 1.42. The Morgan fingerprint density at radius 3 is 2.73 bits per heavy atom. The number of imidazole rings is 1. The molecule has 0 aliphatic carbocycles. The number of nitrogens with zero attached hydrogens (tertiary/aromatic N) is 4. The van der Waals surface area contributed by atoms with Crippen molar-refractivity contribution in [3.63, 3.8) is 0 Å². The summed E-state index contributed by atoms with van der Waals surface area (Å²) in [4.78, 5) is 31.2. The van der Waals surface area contributed by atoms with E-state index in [1.165, 1.54) is 13.2 Å². The van der Waals surface area contributed by atoms with E-state index in [1.807, 2.05) is 5.94 Å². The predicted molar refractivity (Wildman–Crippen MR) is 98.0 cm³/mol. The molecule has 142 valence electrons. The van der Waals surface area contributed by atoms with Gasteiger partial charge in [-0.1, -0.05) is 0 Å². The zero-order chi connectivity index (χ0) is 18.4. The molecule has 1 aromatic heterocycles. The smallest absolute Gasteiger partial charge is 0.319 e. The number of allylic oxidation sites excluding steroid dienone is 1. The number of hydrogen-bond donors (Lipinski definition) is 1. The molecule has 3 heterocycles. The van der Waals surface area contributed by atoms with Crippen molar-refractivity contribution in [2.24, 2.45) is 0 Å². The predicted octanol–water partition coefficient (Wildman–Crippen LogP) is 0.0329. The van der Waals surface area contributed by atoms with Crippen LogP contribution in [0.1, 0.15) is 24.7 Å². The molecule has 0 atom stereocenters. The van der Waals surface area contributed by atoms with Crippen LogP contribution in [-0.4, -0.2) is 79.3 Å². The molecule has 8 nitrogen and oxygen atoms in total. The molecule has 0 unspecified atom stereocenters. The van der Waals surface area contributed by atoms with Gasteiger partial charge in [0.15, 0.2) is 0 Å². The molecule has 8 heteroatoms. The van der Waals surface area contributed by atoms with Crippen LogP contribution in [0.3, 0.4) is 0 Å². The molecular weight excluding hydrogens is 334 g/mol. The molecule has 2 aliphatic rings. The van der Waals surface area contributed by atoms with Crippen LogP contribution in [0.25, 0.3) is 0 Å². The van der Waals surface area contributed by atoms with Gasteiger partial charge in [0.05, 0.1) is 13.7 Å². The van der Waals surface area contributed by atoms with Crippen LogP contribution in [0, 0.1) is 0 Å². The summed E-state index contributed by atoms with van der Waals surface area (Å²) < 4.78 is 6.98. The summed E-state index contributed by atoms with van der Waals surface area (Å²) in [5.74, 6) is 3.54. The van der Waals surface area contributed by atoms with Crippen LogP contribution in [0.4, 0.5) is 5.82 Å². The largest absolute Gasteiger partial charge is 0.468 e. The second-order valence-corrected chi connectivity index (χ2v) is 6.77. The van der Waals surface area contributed by atoms with E-state index < -0.39 is 0 Å². The highest BCUT2D eigenvalue weighted by Gasteiger charge is 2.24. The van der Waals surface area contributed by atoms with Crippen LogP contribution in [-0.2, 0) is 20.7 Å². The molecule has 0 spiro atoms. The molecular formula is C18H27N5O3. The lowest BCUT2D eigenvalue weighted by molar-refractivity contribution is -0.142. The molecule has 0 saturated carbocycles. The van der Waals surface area contributed by atoms with E-state index in [-0.39, 0.29) is 5.97 Å². The highest BCUT2D eigenvalue weighted by molar-refractivity contribution is 5.71. The topological polar surface area (TPSA) is 79.7 Å². The van der Waals surface area contributed by atoms with Gasteiger partial charge in [0.1, 0.15) is 17.6 Å². The van der Waals surface area contributed by atoms with Crippen molar-refractivity contribution in [3.8, 4) is 0 Å². The van der Waals surface area contributed by atoms with E-state index >= 15 is 0 Å². The average Bonchev–Trinajstić information content (AvgIpc) is 3.11. The number of hydrogen-bond acceptors (Lipinski definition) is 7. The summed E-state index contributed by atoms with van der Waals surface area (Å²) in [6.07, 6.45) is 6.27. The van der Waals surface area contributed by atoms with Gasteiger partial charge >= 0.3 is 5.97 Å². The maximum Gasteiger partial charge on any atom is 0.319 e. The number of rotatable bonds is 6. The first kappa shape index (κ1) is 18.6. The lowest BCUT2D eigenvalue weighted by Crippen LogP contribution is -2.48. The number of aromatic nitrogens is 2. The second kappa shape index (κ2) is 8.98. The number of esters is 1. The molecule has 1 aromatic rings. The van der Waals surface area contributed by atoms with Crippen LogP contribution < -0.4 is 10.2 Å². The van der Waals surface area contributed by atoms with E-state index in [0.717, 1.165) is 63.8 Å². The van der Waals surface area contributed by atoms with Gasteiger partial charge in [-0.25, -0.2) is 9.78 Å². The van der Waals surface area contributed by atoms with E-state index in [0.29, 0.717) is 19.0 Å². The zero-order valence-corrected chi connectivity index (χ0v) is 15.3. The fraction of sp³-hybridized carbons (Fsp3) is 0.667. The van der Waals surface area contributed by atoms with Crippen LogP contribution in [0.2, 0.25) is 0 Å². The van der Waals surface area contributed by atoms with E-state index in [2.05, 4.69) is 25.9 Å². The van der Waals surface area contributed by atoms with Crippen molar-refractivity contribution in [1.29, 1.82) is 0 Å². The van der Waals surface area contributed by atoms with Gasteiger partial charge in [-0.05, 0) is 25.9 Å². The first-order valence-electron chi connectivity index (χ1n) is 9.23. The SMILES string of the molecule is COC(=O)CN1CCN(c2cn(C3CCNCC3)c(CC=C=O)n2)CC1. The molecule has 3 rings (SSSR count). The molecule has 2 aliphatic heterocycles. The molecule has 1 N–H and O–H groups in total. The van der Waals surface area contributed by atoms with Crippen molar-refractivity contribution in [1.82, 2.24) is 19.8 Å². The number of anilines is 1. The molecule has 2 fully saturated rings. The molecule has 2 saturated heterocycles. The van der Waals surface area contributed by atoms with E-state index in [4.69, 9.17) is 9.72 Å². The van der Waals surface area contributed by atoms with Crippen molar-refractivity contribution in [2.45, 2.75) is 25.3 Å². The third-order valence-corrected chi connectivity index (χ3v) is 5.14. The molecule has 0 amide bonds. The number of piperazine rings is 1. The van der Waals surface area contributed by atoms with Crippen molar-refractivity contribution < 1.29 is 14.3 Å². The lowest BCUT2D eigenvalue weighted by atomic mass is 10.1. The Labute approximate surface area is 153 Å². The highest BCUT2D eigenvalue weighted by atomic mass is 16.5. The van der Waals surface area contributed by atoms with Crippen molar-refractivity contribution in [2.75, 3.05) is 57.8 Å². The second-order valence-electron chi connectivity index (χ2n) is 6.77. The minimum atomic E-state index is -0.198. The standard InChI is InChI=1S/C18H27N5O3/c1-26-18(25)14-21-8-10-22(11-9-21)17-13-23(15-4-6-19-7-5-15)16(20-17)3-2-12-24/h2,13,15,19H,3-11,14H2,1H3. The lowest BCUT2D eigenvalue weighted by Gasteiger charge is -2.34. The number of methoxy groups -OCH3 is 1. The van der Waals surface area contributed by atoms with Gasteiger partial charge in [0.25, 0.3) is 0 Å². The Morgan fingerprint density at radius 1 is 1.35 bits per heavy atom. The summed E-state index contributed by atoms with van der Waals surface area (Å²) in [5, 5.41) is 3.38. The van der Waals surface area contributed by atoms with Crippen molar-refractivity contribution in [3.05, 3.63) is 18.1 Å². The Bertz CT molecular complexity index is 654. The van der Waals surface area contributed by atoms with E-state index in [9.17, 15) is 9.59 Å². The van der Waals surface area contributed by atoms with Gasteiger partial charge in [0, 0.05) is 50.9 Å². The third-order valence-electron chi connectivity index (χ3n) is 5.14. The summed E-state index contributed by atoms with van der Waals surface area (Å²) in [6.45, 7) is 5.61. The van der Waals surface area contributed by atoms with Gasteiger partial charge in [-0.15, -0.1) is 0 Å².